The molecule has 0 aromatic heterocycles. The van der Waals surface area contributed by atoms with Crippen LogP contribution in [-0.2, 0) is 0 Å². The van der Waals surface area contributed by atoms with Crippen LogP contribution in [0, 0.1) is 30.1 Å². The van der Waals surface area contributed by atoms with Gasteiger partial charge in [-0.1, -0.05) is 39.5 Å². The molecule has 0 bridgehead atoms. The summed E-state index contributed by atoms with van der Waals surface area (Å²) in [6, 6.07) is 0. The van der Waals surface area contributed by atoms with Crippen molar-refractivity contribution >= 4 is 13.2 Å². The molecule has 0 radical (unpaired) electrons. The first-order valence-corrected chi connectivity index (χ1v) is 10.5. The molecule has 2 fully saturated rings. The second-order valence-electron chi connectivity index (χ2n) is 10.3. The fourth-order valence-electron chi connectivity index (χ4n) is 7.68. The van der Waals surface area contributed by atoms with Crippen LogP contribution < -0.4 is 10.4 Å². The molecule has 5 atom stereocenters. The van der Waals surface area contributed by atoms with Crippen molar-refractivity contribution < 1.29 is 0 Å². The summed E-state index contributed by atoms with van der Waals surface area (Å²) in [5, 5.41) is 2.63. The maximum atomic E-state index is 4.59. The standard InChI is InChI=1S/C26H36/c1-10-26-20(12-11-15(2)3)22-18(6)16(4)17(5)19(7)23(22)21(26)13-24(8)14-25(24,26)9/h20-21H,2,6-7,10-14H2,1,3-5,8-9H3/t20-,21?,24-,25+,26-/m1/s1. The van der Waals surface area contributed by atoms with Crippen LogP contribution in [0.25, 0.3) is 13.2 Å². The highest BCUT2D eigenvalue weighted by molar-refractivity contribution is 5.55. The van der Waals surface area contributed by atoms with Crippen molar-refractivity contribution in [1.82, 2.24) is 0 Å². The molecule has 1 unspecified atom stereocenters. The van der Waals surface area contributed by atoms with E-state index in [0.29, 0.717) is 28.1 Å². The Morgan fingerprint density at radius 3 is 2.19 bits per heavy atom. The lowest BCUT2D eigenvalue weighted by atomic mass is 9.60. The number of hydrogen-bond acceptors (Lipinski definition) is 0. The summed E-state index contributed by atoms with van der Waals surface area (Å²) in [6.45, 7) is 27.7. The van der Waals surface area contributed by atoms with E-state index in [-0.39, 0.29) is 0 Å². The maximum absolute atomic E-state index is 4.59. The number of rotatable bonds is 4. The van der Waals surface area contributed by atoms with Gasteiger partial charge in [-0.15, -0.1) is 6.58 Å². The Hall–Kier alpha value is -1.30. The first kappa shape index (κ1) is 18.1. The van der Waals surface area contributed by atoms with Crippen molar-refractivity contribution in [3.63, 3.8) is 0 Å². The molecule has 26 heavy (non-hydrogen) atoms. The molecule has 140 valence electrons. The van der Waals surface area contributed by atoms with E-state index < -0.39 is 0 Å². The zero-order valence-corrected chi connectivity index (χ0v) is 17.8. The summed E-state index contributed by atoms with van der Waals surface area (Å²) in [5.74, 6) is 1.29. The van der Waals surface area contributed by atoms with Crippen LogP contribution in [0.3, 0.4) is 0 Å². The van der Waals surface area contributed by atoms with E-state index in [1.807, 2.05) is 0 Å². The second kappa shape index (κ2) is 5.15. The zero-order chi connectivity index (χ0) is 19.2. The molecule has 0 amide bonds. The van der Waals surface area contributed by atoms with Crippen LogP contribution in [0.5, 0.6) is 0 Å². The van der Waals surface area contributed by atoms with Gasteiger partial charge in [0.15, 0.2) is 0 Å². The largest absolute Gasteiger partial charge is 0.100 e. The summed E-state index contributed by atoms with van der Waals surface area (Å²) >= 11 is 0. The molecule has 4 rings (SSSR count). The molecule has 3 aliphatic rings. The van der Waals surface area contributed by atoms with Crippen LogP contribution in [0.1, 0.15) is 93.9 Å². The summed E-state index contributed by atoms with van der Waals surface area (Å²) in [5.41, 5.74) is 8.62. The fraction of sp³-hybridized carbons (Fsp3) is 0.615. The third-order valence-corrected chi connectivity index (χ3v) is 9.43. The molecule has 0 saturated heterocycles. The van der Waals surface area contributed by atoms with E-state index in [1.54, 1.807) is 11.1 Å². The third kappa shape index (κ3) is 1.77. The first-order chi connectivity index (χ1) is 12.1. The lowest BCUT2D eigenvalue weighted by Crippen LogP contribution is -2.36. The Morgan fingerprint density at radius 1 is 1.08 bits per heavy atom. The SMILES string of the molecule is C=C(C)CC[C@@H]1c2c(c(=C)c(C)c(C)c2=C)C2C[C@]3(C)C[C@]3(C)[C@@]21CC. The highest BCUT2D eigenvalue weighted by Crippen LogP contribution is 2.88. The molecule has 0 heteroatoms. The van der Waals surface area contributed by atoms with Crippen molar-refractivity contribution in [3.8, 4) is 0 Å². The van der Waals surface area contributed by atoms with Crippen molar-refractivity contribution in [2.75, 3.05) is 0 Å². The average molecular weight is 349 g/mol. The monoisotopic (exact) mass is 348 g/mol. The Balaban J connectivity index is 2.02. The van der Waals surface area contributed by atoms with Gasteiger partial charge in [-0.05, 0) is 114 Å². The van der Waals surface area contributed by atoms with Gasteiger partial charge in [-0.2, -0.15) is 0 Å². The topological polar surface area (TPSA) is 0 Å². The molecule has 1 aromatic rings. The van der Waals surface area contributed by atoms with Gasteiger partial charge < -0.3 is 0 Å². The number of hydrogen-bond donors (Lipinski definition) is 0. The zero-order valence-electron chi connectivity index (χ0n) is 17.8. The first-order valence-electron chi connectivity index (χ1n) is 10.5. The molecule has 2 saturated carbocycles. The Labute approximate surface area is 160 Å². The van der Waals surface area contributed by atoms with Gasteiger partial charge in [0.1, 0.15) is 0 Å². The molecule has 1 aromatic carbocycles. The maximum Gasteiger partial charge on any atom is -0.00799 e. The van der Waals surface area contributed by atoms with Gasteiger partial charge in [-0.25, -0.2) is 0 Å². The number of fused-ring (bicyclic) bond motifs is 5. The number of allylic oxidation sites excluding steroid dienone is 1. The van der Waals surface area contributed by atoms with Crippen molar-refractivity contribution in [1.29, 1.82) is 0 Å². The van der Waals surface area contributed by atoms with E-state index >= 15 is 0 Å². The van der Waals surface area contributed by atoms with E-state index in [2.05, 4.69) is 61.3 Å². The van der Waals surface area contributed by atoms with Crippen LogP contribution in [0.15, 0.2) is 12.2 Å². The van der Waals surface area contributed by atoms with Gasteiger partial charge in [0.05, 0.1) is 0 Å². The molecule has 3 aliphatic carbocycles. The molecule has 0 aliphatic heterocycles. The van der Waals surface area contributed by atoms with Crippen LogP contribution >= 0.6 is 0 Å². The molecule has 0 N–H and O–H groups in total. The summed E-state index contributed by atoms with van der Waals surface area (Å²) < 4.78 is 0. The molecular formula is C26H36. The van der Waals surface area contributed by atoms with Crippen LogP contribution in [0.2, 0.25) is 0 Å². The molecule has 0 spiro atoms. The van der Waals surface area contributed by atoms with E-state index in [0.717, 1.165) is 6.42 Å². The quantitative estimate of drug-likeness (QED) is 0.596. The van der Waals surface area contributed by atoms with Crippen molar-refractivity contribution in [3.05, 3.63) is 44.8 Å². The average Bonchev–Trinajstić information content (AvgIpc) is 2.92. The minimum absolute atomic E-state index is 0.388. The predicted molar refractivity (Wildman–Crippen MR) is 114 cm³/mol. The lowest BCUT2D eigenvalue weighted by molar-refractivity contribution is 0.0989. The van der Waals surface area contributed by atoms with Crippen molar-refractivity contribution in [2.24, 2.45) is 16.2 Å². The molecular weight excluding hydrogens is 312 g/mol. The second-order valence-corrected chi connectivity index (χ2v) is 10.3. The van der Waals surface area contributed by atoms with E-state index in [9.17, 15) is 0 Å². The smallest absolute Gasteiger partial charge is 0.00799 e. The van der Waals surface area contributed by atoms with E-state index in [1.165, 1.54) is 52.8 Å². The summed E-state index contributed by atoms with van der Waals surface area (Å²) in [7, 11) is 0. The lowest BCUT2D eigenvalue weighted by Gasteiger charge is -2.43. The van der Waals surface area contributed by atoms with Crippen LogP contribution in [0.4, 0.5) is 0 Å². The van der Waals surface area contributed by atoms with Gasteiger partial charge in [0, 0.05) is 0 Å². The highest BCUT2D eigenvalue weighted by atomic mass is 14.8. The molecule has 0 heterocycles. The summed E-state index contributed by atoms with van der Waals surface area (Å²) in [4.78, 5) is 0. The van der Waals surface area contributed by atoms with Gasteiger partial charge >= 0.3 is 0 Å². The van der Waals surface area contributed by atoms with E-state index in [4.69, 9.17) is 0 Å². The minimum atomic E-state index is 0.388. The Bertz CT molecular complexity index is 919. The Morgan fingerprint density at radius 2 is 1.65 bits per heavy atom. The van der Waals surface area contributed by atoms with Gasteiger partial charge in [0.25, 0.3) is 0 Å². The highest BCUT2D eigenvalue weighted by Gasteiger charge is 2.80. The van der Waals surface area contributed by atoms with Gasteiger partial charge in [-0.3, -0.25) is 0 Å². The minimum Gasteiger partial charge on any atom is -0.100 e. The predicted octanol–water partition coefficient (Wildman–Crippen LogP) is 5.88. The normalized spacial score (nSPS) is 39.5. The fourth-order valence-corrected chi connectivity index (χ4v) is 7.68. The molecule has 0 nitrogen and oxygen atoms in total. The van der Waals surface area contributed by atoms with Gasteiger partial charge in [0.2, 0.25) is 0 Å². The third-order valence-electron chi connectivity index (χ3n) is 9.43. The Kier molecular flexibility index (Phi) is 3.58. The summed E-state index contributed by atoms with van der Waals surface area (Å²) in [6.07, 6.45) is 6.38. The van der Waals surface area contributed by atoms with Crippen molar-refractivity contribution in [2.45, 2.75) is 85.5 Å². The number of benzene rings is 1. The van der Waals surface area contributed by atoms with Crippen LogP contribution in [-0.4, -0.2) is 0 Å².